The molecule has 0 bridgehead atoms. The van der Waals surface area contributed by atoms with Gasteiger partial charge in [0, 0.05) is 43.1 Å². The lowest BCUT2D eigenvalue weighted by Gasteiger charge is -2.44. The Kier molecular flexibility index (Phi) is 6.00. The maximum Gasteiger partial charge on any atom is 0.256 e. The van der Waals surface area contributed by atoms with Gasteiger partial charge < -0.3 is 19.7 Å². The highest BCUT2D eigenvalue weighted by Crippen LogP contribution is 2.39. The van der Waals surface area contributed by atoms with Gasteiger partial charge >= 0.3 is 0 Å². The fourth-order valence-electron chi connectivity index (χ4n) is 4.79. The SMILES string of the molecule is COc1ccc(C(=O)N2CCC3(CC2)OC[C@H](C(=O)NC2CC2)N3C(=O)c2ccccc2)cc1. The van der Waals surface area contributed by atoms with Gasteiger partial charge in [0.25, 0.3) is 11.8 Å². The number of hydrogen-bond acceptors (Lipinski definition) is 5. The summed E-state index contributed by atoms with van der Waals surface area (Å²) in [6.07, 6.45) is 2.83. The van der Waals surface area contributed by atoms with E-state index in [9.17, 15) is 14.4 Å². The monoisotopic (exact) mass is 463 g/mol. The van der Waals surface area contributed by atoms with Crippen LogP contribution in [0.1, 0.15) is 46.4 Å². The molecule has 5 rings (SSSR count). The highest BCUT2D eigenvalue weighted by molar-refractivity contribution is 5.98. The predicted molar refractivity (Wildman–Crippen MR) is 124 cm³/mol. The summed E-state index contributed by atoms with van der Waals surface area (Å²) in [6, 6.07) is 15.5. The lowest BCUT2D eigenvalue weighted by molar-refractivity contribution is -0.128. The number of nitrogens with zero attached hydrogens (tertiary/aromatic N) is 2. The molecule has 178 valence electrons. The van der Waals surface area contributed by atoms with Crippen LogP contribution in [-0.4, -0.2) is 72.1 Å². The largest absolute Gasteiger partial charge is 0.497 e. The Morgan fingerprint density at radius 1 is 0.941 bits per heavy atom. The van der Waals surface area contributed by atoms with Gasteiger partial charge in [-0.3, -0.25) is 19.3 Å². The topological polar surface area (TPSA) is 88.2 Å². The van der Waals surface area contributed by atoms with E-state index in [0.29, 0.717) is 42.8 Å². The molecule has 1 aliphatic carbocycles. The van der Waals surface area contributed by atoms with Crippen LogP contribution in [0.5, 0.6) is 5.75 Å². The van der Waals surface area contributed by atoms with Crippen molar-refractivity contribution in [1.29, 1.82) is 0 Å². The predicted octanol–water partition coefficient (Wildman–Crippen LogP) is 2.45. The third-order valence-electron chi connectivity index (χ3n) is 6.90. The van der Waals surface area contributed by atoms with Crippen molar-refractivity contribution in [1.82, 2.24) is 15.1 Å². The molecule has 8 heteroatoms. The van der Waals surface area contributed by atoms with Crippen LogP contribution in [-0.2, 0) is 9.53 Å². The average Bonchev–Trinajstić information content (AvgIpc) is 3.63. The molecule has 1 N–H and O–H groups in total. The van der Waals surface area contributed by atoms with Crippen molar-refractivity contribution in [2.75, 3.05) is 26.8 Å². The number of ether oxygens (including phenoxy) is 2. The Labute approximate surface area is 198 Å². The van der Waals surface area contributed by atoms with Crippen LogP contribution in [0.4, 0.5) is 0 Å². The molecule has 2 aromatic carbocycles. The zero-order valence-corrected chi connectivity index (χ0v) is 19.2. The number of carbonyl (C=O) groups is 3. The zero-order valence-electron chi connectivity index (χ0n) is 19.2. The quantitative estimate of drug-likeness (QED) is 0.736. The Hall–Kier alpha value is -3.39. The van der Waals surface area contributed by atoms with Gasteiger partial charge in [0.1, 0.15) is 17.5 Å². The normalized spacial score (nSPS) is 21.4. The first-order chi connectivity index (χ1) is 16.5. The molecule has 8 nitrogen and oxygen atoms in total. The summed E-state index contributed by atoms with van der Waals surface area (Å²) in [5.41, 5.74) is 0.200. The van der Waals surface area contributed by atoms with Crippen molar-refractivity contribution in [3.8, 4) is 5.75 Å². The minimum atomic E-state index is -0.908. The van der Waals surface area contributed by atoms with Gasteiger partial charge in [0.15, 0.2) is 0 Å². The number of piperidine rings is 1. The van der Waals surface area contributed by atoms with E-state index in [-0.39, 0.29) is 30.4 Å². The highest BCUT2D eigenvalue weighted by Gasteiger charge is 2.54. The number of likely N-dealkylation sites (tertiary alicyclic amines) is 1. The summed E-state index contributed by atoms with van der Waals surface area (Å²) < 4.78 is 11.4. The number of rotatable bonds is 5. The number of nitrogens with one attached hydrogen (secondary N) is 1. The maximum absolute atomic E-state index is 13.6. The third-order valence-corrected chi connectivity index (χ3v) is 6.90. The maximum atomic E-state index is 13.6. The molecule has 2 aromatic rings. The first kappa shape index (κ1) is 22.4. The molecule has 0 aromatic heterocycles. The second kappa shape index (κ2) is 9.10. The van der Waals surface area contributed by atoms with E-state index < -0.39 is 11.8 Å². The van der Waals surface area contributed by atoms with Crippen molar-refractivity contribution >= 4 is 17.7 Å². The van der Waals surface area contributed by atoms with Crippen LogP contribution in [0, 0.1) is 0 Å². The molecule has 1 atom stereocenters. The molecule has 2 heterocycles. The molecule has 0 radical (unpaired) electrons. The van der Waals surface area contributed by atoms with Gasteiger partial charge in [0.05, 0.1) is 13.7 Å². The fraction of sp³-hybridized carbons (Fsp3) is 0.423. The summed E-state index contributed by atoms with van der Waals surface area (Å²) in [4.78, 5) is 43.1. The number of methoxy groups -OCH3 is 1. The second-order valence-electron chi connectivity index (χ2n) is 9.12. The van der Waals surface area contributed by atoms with Crippen molar-refractivity contribution < 1.29 is 23.9 Å². The minimum absolute atomic E-state index is 0.0699. The molecule has 0 unspecified atom stereocenters. The summed E-state index contributed by atoms with van der Waals surface area (Å²) in [7, 11) is 1.59. The number of benzene rings is 2. The molecule has 3 aliphatic rings. The summed E-state index contributed by atoms with van der Waals surface area (Å²) in [6.45, 7) is 1.02. The first-order valence-corrected chi connectivity index (χ1v) is 11.8. The zero-order chi connectivity index (χ0) is 23.7. The summed E-state index contributed by atoms with van der Waals surface area (Å²) >= 11 is 0. The number of hydrogen-bond donors (Lipinski definition) is 1. The molecule has 3 fully saturated rings. The molecule has 3 amide bonds. The van der Waals surface area contributed by atoms with Gasteiger partial charge in [-0.2, -0.15) is 0 Å². The molecule has 1 spiro atoms. The molecule has 1 saturated carbocycles. The van der Waals surface area contributed by atoms with Crippen LogP contribution < -0.4 is 10.1 Å². The van der Waals surface area contributed by atoms with Crippen molar-refractivity contribution in [3.05, 3.63) is 65.7 Å². The number of amides is 3. The van der Waals surface area contributed by atoms with Crippen LogP contribution >= 0.6 is 0 Å². The van der Waals surface area contributed by atoms with Crippen LogP contribution in [0.25, 0.3) is 0 Å². The number of carbonyl (C=O) groups excluding carboxylic acids is 3. The Balaban J connectivity index is 1.35. The summed E-state index contributed by atoms with van der Waals surface area (Å²) in [5, 5.41) is 3.02. The lowest BCUT2D eigenvalue weighted by Crippen LogP contribution is -2.60. The Morgan fingerprint density at radius 3 is 2.21 bits per heavy atom. The van der Waals surface area contributed by atoms with E-state index in [1.54, 1.807) is 53.3 Å². The third kappa shape index (κ3) is 4.25. The van der Waals surface area contributed by atoms with E-state index in [1.807, 2.05) is 18.2 Å². The smallest absolute Gasteiger partial charge is 0.256 e. The Bertz CT molecular complexity index is 1060. The first-order valence-electron chi connectivity index (χ1n) is 11.8. The van der Waals surface area contributed by atoms with E-state index in [0.717, 1.165) is 12.8 Å². The van der Waals surface area contributed by atoms with E-state index >= 15 is 0 Å². The van der Waals surface area contributed by atoms with Crippen molar-refractivity contribution in [3.63, 3.8) is 0 Å². The Morgan fingerprint density at radius 2 is 1.59 bits per heavy atom. The van der Waals surface area contributed by atoms with Crippen LogP contribution in [0.3, 0.4) is 0 Å². The molecule has 2 saturated heterocycles. The molecular formula is C26H29N3O5. The fourth-order valence-corrected chi connectivity index (χ4v) is 4.79. The summed E-state index contributed by atoms with van der Waals surface area (Å²) in [5.74, 6) is 0.239. The van der Waals surface area contributed by atoms with Crippen LogP contribution in [0.15, 0.2) is 54.6 Å². The molecular weight excluding hydrogens is 434 g/mol. The van der Waals surface area contributed by atoms with Crippen LogP contribution in [0.2, 0.25) is 0 Å². The standard InChI is InChI=1S/C26H29N3O5/c1-33-21-11-7-19(8-12-21)24(31)28-15-13-26(14-16-28)29(25(32)18-5-3-2-4-6-18)22(17-34-26)23(30)27-20-9-10-20/h2-8,11-12,20,22H,9-10,13-17H2,1H3,(H,27,30)/t22-/m1/s1. The van der Waals surface area contributed by atoms with E-state index in [1.165, 1.54) is 0 Å². The van der Waals surface area contributed by atoms with E-state index in [2.05, 4.69) is 5.32 Å². The van der Waals surface area contributed by atoms with Gasteiger partial charge in [-0.25, -0.2) is 0 Å². The van der Waals surface area contributed by atoms with Gasteiger partial charge in [-0.05, 0) is 49.2 Å². The highest BCUT2D eigenvalue weighted by atomic mass is 16.5. The second-order valence-corrected chi connectivity index (χ2v) is 9.12. The van der Waals surface area contributed by atoms with Gasteiger partial charge in [0.2, 0.25) is 5.91 Å². The minimum Gasteiger partial charge on any atom is -0.497 e. The van der Waals surface area contributed by atoms with Gasteiger partial charge in [-0.1, -0.05) is 18.2 Å². The van der Waals surface area contributed by atoms with Gasteiger partial charge in [-0.15, -0.1) is 0 Å². The molecule has 2 aliphatic heterocycles. The van der Waals surface area contributed by atoms with E-state index in [4.69, 9.17) is 9.47 Å². The van der Waals surface area contributed by atoms with Crippen molar-refractivity contribution in [2.24, 2.45) is 0 Å². The van der Waals surface area contributed by atoms with Crippen molar-refractivity contribution in [2.45, 2.75) is 43.5 Å². The lowest BCUT2D eigenvalue weighted by atomic mass is 9.96. The average molecular weight is 464 g/mol. The molecule has 34 heavy (non-hydrogen) atoms.